The van der Waals surface area contributed by atoms with Crippen molar-refractivity contribution in [2.45, 2.75) is 38.1 Å². The van der Waals surface area contributed by atoms with Crippen LogP contribution in [0.5, 0.6) is 0 Å². The molecular formula is C16H18N2OS. The second-order valence-corrected chi connectivity index (χ2v) is 6.29. The minimum Gasteiger partial charge on any atom is -0.293 e. The minimum absolute atomic E-state index is 0.125. The van der Waals surface area contributed by atoms with Gasteiger partial charge in [-0.25, -0.2) is 9.97 Å². The summed E-state index contributed by atoms with van der Waals surface area (Å²) in [6.45, 7) is 7.81. The van der Waals surface area contributed by atoms with Crippen molar-refractivity contribution in [1.29, 1.82) is 0 Å². The summed E-state index contributed by atoms with van der Waals surface area (Å²) in [5.74, 6) is 0.125. The zero-order valence-corrected chi connectivity index (χ0v) is 13.0. The molecule has 2 rings (SSSR count). The van der Waals surface area contributed by atoms with Crippen LogP contribution in [0, 0.1) is 20.8 Å². The number of hydrogen-bond donors (Lipinski definition) is 0. The van der Waals surface area contributed by atoms with Gasteiger partial charge in [-0.15, -0.1) is 0 Å². The van der Waals surface area contributed by atoms with E-state index in [4.69, 9.17) is 0 Å². The van der Waals surface area contributed by atoms with Gasteiger partial charge in [-0.1, -0.05) is 29.5 Å². The van der Waals surface area contributed by atoms with Gasteiger partial charge in [-0.05, 0) is 44.9 Å². The molecule has 104 valence electrons. The monoisotopic (exact) mass is 286 g/mol. The van der Waals surface area contributed by atoms with E-state index in [9.17, 15) is 4.79 Å². The molecule has 0 fully saturated rings. The molecular weight excluding hydrogens is 268 g/mol. The molecule has 1 atom stereocenters. The van der Waals surface area contributed by atoms with E-state index in [1.165, 1.54) is 11.8 Å². The predicted molar refractivity (Wildman–Crippen MR) is 82.3 cm³/mol. The number of Topliss-reactive ketones (excluding diaryl/α,β-unsaturated/α-hetero) is 1. The number of benzene rings is 1. The lowest BCUT2D eigenvalue weighted by Crippen LogP contribution is -2.15. The fourth-order valence-electron chi connectivity index (χ4n) is 1.87. The Hall–Kier alpha value is -1.68. The molecule has 0 radical (unpaired) electrons. The van der Waals surface area contributed by atoms with Crippen LogP contribution in [0.3, 0.4) is 0 Å². The van der Waals surface area contributed by atoms with Gasteiger partial charge in [0.05, 0.1) is 5.25 Å². The molecule has 1 unspecified atom stereocenters. The van der Waals surface area contributed by atoms with E-state index in [0.29, 0.717) is 5.16 Å². The highest BCUT2D eigenvalue weighted by Gasteiger charge is 2.19. The number of hydrogen-bond acceptors (Lipinski definition) is 4. The molecule has 1 aromatic heterocycles. The van der Waals surface area contributed by atoms with Gasteiger partial charge in [0, 0.05) is 18.0 Å². The Morgan fingerprint density at radius 3 is 2.40 bits per heavy atom. The number of aryl methyl sites for hydroxylation is 3. The van der Waals surface area contributed by atoms with Gasteiger partial charge in [-0.3, -0.25) is 4.79 Å². The van der Waals surface area contributed by atoms with Crippen molar-refractivity contribution in [3.05, 3.63) is 52.8 Å². The van der Waals surface area contributed by atoms with E-state index in [-0.39, 0.29) is 11.0 Å². The summed E-state index contributed by atoms with van der Waals surface area (Å²) in [5, 5.41) is 0.444. The van der Waals surface area contributed by atoms with Gasteiger partial charge < -0.3 is 0 Å². The first-order chi connectivity index (χ1) is 9.47. The van der Waals surface area contributed by atoms with E-state index >= 15 is 0 Å². The first-order valence-electron chi connectivity index (χ1n) is 6.54. The quantitative estimate of drug-likeness (QED) is 0.487. The zero-order valence-electron chi connectivity index (χ0n) is 12.2. The maximum absolute atomic E-state index is 12.5. The van der Waals surface area contributed by atoms with Crippen LogP contribution >= 0.6 is 11.8 Å². The summed E-state index contributed by atoms with van der Waals surface area (Å²) in [7, 11) is 0. The zero-order chi connectivity index (χ0) is 14.7. The van der Waals surface area contributed by atoms with Crippen molar-refractivity contribution in [3.8, 4) is 0 Å². The van der Waals surface area contributed by atoms with Crippen LogP contribution < -0.4 is 0 Å². The first-order valence-corrected chi connectivity index (χ1v) is 7.42. The predicted octanol–water partition coefficient (Wildman–Crippen LogP) is 3.77. The number of carbonyl (C=O) groups is 1. The third-order valence-electron chi connectivity index (χ3n) is 3.07. The topological polar surface area (TPSA) is 42.9 Å². The molecule has 0 saturated carbocycles. The highest BCUT2D eigenvalue weighted by Crippen LogP contribution is 2.24. The largest absolute Gasteiger partial charge is 0.293 e. The molecule has 0 aliphatic heterocycles. The Kier molecular flexibility index (Phi) is 4.55. The van der Waals surface area contributed by atoms with Crippen molar-refractivity contribution in [2.75, 3.05) is 0 Å². The molecule has 0 amide bonds. The van der Waals surface area contributed by atoms with Crippen LogP contribution in [0.25, 0.3) is 0 Å². The normalized spacial score (nSPS) is 12.2. The van der Waals surface area contributed by atoms with E-state index in [2.05, 4.69) is 9.97 Å². The Balaban J connectivity index is 2.16. The van der Waals surface area contributed by atoms with Crippen LogP contribution in [0.15, 0.2) is 35.7 Å². The highest BCUT2D eigenvalue weighted by molar-refractivity contribution is 8.00. The second kappa shape index (κ2) is 6.18. The third-order valence-corrected chi connectivity index (χ3v) is 4.06. The van der Waals surface area contributed by atoms with Gasteiger partial charge in [0.25, 0.3) is 0 Å². The standard InChI is InChI=1S/C16H18N2OS/c1-10-5-6-12(3)14(7-10)15(19)13(4)20-16-17-8-11(2)9-18-16/h5-9,13H,1-4H3. The molecule has 20 heavy (non-hydrogen) atoms. The molecule has 1 aromatic carbocycles. The molecule has 0 aliphatic carbocycles. The Morgan fingerprint density at radius 2 is 1.75 bits per heavy atom. The molecule has 0 bridgehead atoms. The fourth-order valence-corrected chi connectivity index (χ4v) is 2.65. The number of aromatic nitrogens is 2. The van der Waals surface area contributed by atoms with E-state index in [0.717, 1.165) is 22.3 Å². The molecule has 0 spiro atoms. The third kappa shape index (κ3) is 3.45. The Labute approximate surface area is 123 Å². The Bertz CT molecular complexity index is 623. The average Bonchev–Trinajstić information content (AvgIpc) is 2.43. The summed E-state index contributed by atoms with van der Waals surface area (Å²) < 4.78 is 0. The van der Waals surface area contributed by atoms with E-state index in [1.807, 2.05) is 45.9 Å². The lowest BCUT2D eigenvalue weighted by molar-refractivity contribution is 0.0993. The van der Waals surface area contributed by atoms with E-state index in [1.54, 1.807) is 12.4 Å². The molecule has 2 aromatic rings. The van der Waals surface area contributed by atoms with Crippen molar-refractivity contribution in [2.24, 2.45) is 0 Å². The number of carbonyl (C=O) groups excluding carboxylic acids is 1. The van der Waals surface area contributed by atoms with Crippen LogP contribution in [-0.4, -0.2) is 21.0 Å². The summed E-state index contributed by atoms with van der Waals surface area (Å²) >= 11 is 1.40. The summed E-state index contributed by atoms with van der Waals surface area (Å²) in [6, 6.07) is 5.96. The van der Waals surface area contributed by atoms with Crippen molar-refractivity contribution in [3.63, 3.8) is 0 Å². The van der Waals surface area contributed by atoms with Crippen molar-refractivity contribution < 1.29 is 4.79 Å². The highest BCUT2D eigenvalue weighted by atomic mass is 32.2. The van der Waals surface area contributed by atoms with Crippen LogP contribution in [0.4, 0.5) is 0 Å². The summed E-state index contributed by atoms with van der Waals surface area (Å²) in [6.07, 6.45) is 3.54. The fraction of sp³-hybridized carbons (Fsp3) is 0.312. The molecule has 0 aliphatic rings. The van der Waals surface area contributed by atoms with Gasteiger partial charge in [0.2, 0.25) is 0 Å². The van der Waals surface area contributed by atoms with Gasteiger partial charge in [0.1, 0.15) is 0 Å². The molecule has 0 saturated heterocycles. The molecule has 3 nitrogen and oxygen atoms in total. The smallest absolute Gasteiger partial charge is 0.188 e. The number of rotatable bonds is 4. The number of nitrogens with zero attached hydrogens (tertiary/aromatic N) is 2. The minimum atomic E-state index is -0.196. The SMILES string of the molecule is Cc1cnc(SC(C)C(=O)c2cc(C)ccc2C)nc1. The average molecular weight is 286 g/mol. The molecule has 0 N–H and O–H groups in total. The number of ketones is 1. The van der Waals surface area contributed by atoms with Crippen LogP contribution in [-0.2, 0) is 0 Å². The van der Waals surface area contributed by atoms with Gasteiger partial charge in [0.15, 0.2) is 10.9 Å². The maximum atomic E-state index is 12.5. The molecule has 1 heterocycles. The van der Waals surface area contributed by atoms with E-state index < -0.39 is 0 Å². The van der Waals surface area contributed by atoms with Crippen molar-refractivity contribution in [1.82, 2.24) is 9.97 Å². The maximum Gasteiger partial charge on any atom is 0.188 e. The summed E-state index contributed by atoms with van der Waals surface area (Å²) in [5.41, 5.74) is 3.92. The first kappa shape index (κ1) is 14.7. The van der Waals surface area contributed by atoms with Gasteiger partial charge >= 0.3 is 0 Å². The summed E-state index contributed by atoms with van der Waals surface area (Å²) in [4.78, 5) is 21.0. The lowest BCUT2D eigenvalue weighted by Gasteiger charge is -2.12. The van der Waals surface area contributed by atoms with Crippen LogP contribution in [0.2, 0.25) is 0 Å². The number of thioether (sulfide) groups is 1. The molecule has 4 heteroatoms. The van der Waals surface area contributed by atoms with Gasteiger partial charge in [-0.2, -0.15) is 0 Å². The Morgan fingerprint density at radius 1 is 1.10 bits per heavy atom. The van der Waals surface area contributed by atoms with Crippen LogP contribution in [0.1, 0.15) is 34.0 Å². The lowest BCUT2D eigenvalue weighted by atomic mass is 10.0. The van der Waals surface area contributed by atoms with Crippen molar-refractivity contribution >= 4 is 17.5 Å². The second-order valence-electron chi connectivity index (χ2n) is 4.99.